The molecule has 0 N–H and O–H groups in total. The van der Waals surface area contributed by atoms with Gasteiger partial charge in [0.25, 0.3) is 0 Å². The first-order chi connectivity index (χ1) is 23.0. The molecule has 0 aromatic heterocycles. The van der Waals surface area contributed by atoms with E-state index in [2.05, 4.69) is 216 Å². The lowest BCUT2D eigenvalue weighted by Gasteiger charge is -2.46. The lowest BCUT2D eigenvalue weighted by molar-refractivity contribution is -0.0811. The quantitative estimate of drug-likeness (QED) is 0.0896. The van der Waals surface area contributed by atoms with E-state index >= 15 is 0 Å². The fraction of sp³-hybridized carbons (Fsp3) is 0.182. The van der Waals surface area contributed by atoms with Gasteiger partial charge in [-0.2, -0.15) is 0 Å². The fourth-order valence-corrected chi connectivity index (χ4v) is 7.22. The molecule has 0 aliphatic rings. The number of hydrogen-bond donors (Lipinski definition) is 0. The molecule has 1 nitrogen and oxygen atoms in total. The van der Waals surface area contributed by atoms with Crippen molar-refractivity contribution in [2.45, 2.75) is 47.5 Å². The van der Waals surface area contributed by atoms with Crippen LogP contribution in [-0.4, -0.2) is 0 Å². The van der Waals surface area contributed by atoms with Crippen LogP contribution in [-0.2, 0) is 15.9 Å². The molecule has 3 heteroatoms. The summed E-state index contributed by atoms with van der Waals surface area (Å²) < 4.78 is 8.25. The van der Waals surface area contributed by atoms with Gasteiger partial charge in [-0.05, 0) is 57.3 Å². The van der Waals surface area contributed by atoms with Gasteiger partial charge in [0.1, 0.15) is 11.2 Å². The molecule has 0 bridgehead atoms. The van der Waals surface area contributed by atoms with E-state index in [0.29, 0.717) is 0 Å². The summed E-state index contributed by atoms with van der Waals surface area (Å²) >= 11 is 7.91. The van der Waals surface area contributed by atoms with Gasteiger partial charge in [0.2, 0.25) is 0 Å². The SMILES string of the molecule is CCC(Br)c1cccc(C(OC(c2ccccc2)(c2ccccc2)c2cccc(C(Br)CC)c2)(c2ccccc2)c2ccccc2)c1. The average Bonchev–Trinajstić information content (AvgIpc) is 3.16. The maximum Gasteiger partial charge on any atom is 0.145 e. The van der Waals surface area contributed by atoms with Crippen molar-refractivity contribution in [3.05, 3.63) is 214 Å². The molecule has 0 fully saturated rings. The third kappa shape index (κ3) is 6.54. The molecule has 0 amide bonds. The Morgan fingerprint density at radius 3 is 0.957 bits per heavy atom. The van der Waals surface area contributed by atoms with E-state index in [0.717, 1.165) is 46.2 Å². The highest BCUT2D eigenvalue weighted by atomic mass is 79.9. The average molecular weight is 745 g/mol. The molecule has 2 unspecified atom stereocenters. The van der Waals surface area contributed by atoms with Gasteiger partial charge in [-0.25, -0.2) is 0 Å². The molecule has 2 atom stereocenters. The maximum absolute atomic E-state index is 8.25. The first-order valence-corrected chi connectivity index (χ1v) is 18.3. The molecular weight excluding hydrogens is 704 g/mol. The van der Waals surface area contributed by atoms with Gasteiger partial charge in [0, 0.05) is 9.65 Å². The van der Waals surface area contributed by atoms with Crippen LogP contribution in [0, 0.1) is 0 Å². The minimum atomic E-state index is -1.00. The molecule has 6 rings (SSSR count). The van der Waals surface area contributed by atoms with Crippen LogP contribution in [0.25, 0.3) is 0 Å². The summed E-state index contributed by atoms with van der Waals surface area (Å²) in [5.41, 5.74) is 6.84. The largest absolute Gasteiger partial charge is 0.340 e. The number of benzene rings is 6. The van der Waals surface area contributed by atoms with E-state index in [1.54, 1.807) is 0 Å². The first kappa shape index (κ1) is 33.2. The van der Waals surface area contributed by atoms with E-state index in [4.69, 9.17) is 4.74 Å². The summed E-state index contributed by atoms with van der Waals surface area (Å²) in [5, 5.41) is 0. The Kier molecular flexibility index (Phi) is 10.6. The zero-order valence-electron chi connectivity index (χ0n) is 26.9. The van der Waals surface area contributed by atoms with Crippen LogP contribution in [0.1, 0.15) is 80.9 Å². The van der Waals surface area contributed by atoms with Gasteiger partial charge in [-0.1, -0.05) is 216 Å². The summed E-state index contributed by atoms with van der Waals surface area (Å²) in [7, 11) is 0. The first-order valence-electron chi connectivity index (χ1n) is 16.4. The highest BCUT2D eigenvalue weighted by Crippen LogP contribution is 2.52. The second-order valence-electron chi connectivity index (χ2n) is 11.9. The van der Waals surface area contributed by atoms with Crippen molar-refractivity contribution in [2.75, 3.05) is 0 Å². The van der Waals surface area contributed by atoms with Crippen molar-refractivity contribution < 1.29 is 4.74 Å². The number of rotatable bonds is 12. The van der Waals surface area contributed by atoms with Crippen molar-refractivity contribution in [1.82, 2.24) is 0 Å². The Morgan fingerprint density at radius 1 is 0.404 bits per heavy atom. The molecule has 0 spiro atoms. The molecule has 0 heterocycles. The lowest BCUT2D eigenvalue weighted by atomic mass is 9.75. The standard InChI is InChI=1S/C44H40Br2O/c1-3-41(45)33-19-17-29-39(31-33)43(35-21-9-5-10-22-35,36-23-11-6-12-24-36)47-44(37-25-13-7-14-26-37,38-27-15-8-16-28-38)40-30-18-20-34(32-40)42(46)4-2/h5-32,41-42H,3-4H2,1-2H3. The number of hydrogen-bond acceptors (Lipinski definition) is 1. The van der Waals surface area contributed by atoms with Crippen molar-refractivity contribution in [1.29, 1.82) is 0 Å². The Hall–Kier alpha value is -3.76. The topological polar surface area (TPSA) is 9.23 Å². The van der Waals surface area contributed by atoms with Crippen molar-refractivity contribution >= 4 is 31.9 Å². The zero-order valence-corrected chi connectivity index (χ0v) is 30.1. The molecule has 0 saturated carbocycles. The van der Waals surface area contributed by atoms with Crippen LogP contribution >= 0.6 is 31.9 Å². The minimum absolute atomic E-state index is 0.223. The van der Waals surface area contributed by atoms with Gasteiger partial charge in [0.15, 0.2) is 0 Å². The monoisotopic (exact) mass is 742 g/mol. The Bertz CT molecular complexity index is 1640. The smallest absolute Gasteiger partial charge is 0.145 e. The van der Waals surface area contributed by atoms with E-state index in [-0.39, 0.29) is 9.65 Å². The maximum atomic E-state index is 8.25. The molecule has 0 saturated heterocycles. The minimum Gasteiger partial charge on any atom is -0.340 e. The van der Waals surface area contributed by atoms with Crippen molar-refractivity contribution in [2.24, 2.45) is 0 Å². The van der Waals surface area contributed by atoms with Gasteiger partial charge in [-0.15, -0.1) is 0 Å². The summed E-state index contributed by atoms with van der Waals surface area (Å²) in [5.74, 6) is 0. The van der Waals surface area contributed by atoms with Gasteiger partial charge in [0.05, 0.1) is 0 Å². The van der Waals surface area contributed by atoms with Crippen LogP contribution in [0.5, 0.6) is 0 Å². The molecule has 6 aromatic rings. The molecule has 0 radical (unpaired) electrons. The highest BCUT2D eigenvalue weighted by Gasteiger charge is 2.49. The van der Waals surface area contributed by atoms with Crippen LogP contribution < -0.4 is 0 Å². The van der Waals surface area contributed by atoms with E-state index < -0.39 is 11.2 Å². The molecule has 47 heavy (non-hydrogen) atoms. The summed E-state index contributed by atoms with van der Waals surface area (Å²) in [6.45, 7) is 4.42. The van der Waals surface area contributed by atoms with Gasteiger partial charge in [-0.3, -0.25) is 0 Å². The Labute approximate surface area is 296 Å². The van der Waals surface area contributed by atoms with Crippen LogP contribution in [0.3, 0.4) is 0 Å². The van der Waals surface area contributed by atoms with Crippen LogP contribution in [0.2, 0.25) is 0 Å². The molecule has 0 aliphatic carbocycles. The second kappa shape index (κ2) is 15.0. The highest BCUT2D eigenvalue weighted by molar-refractivity contribution is 9.09. The third-order valence-corrected chi connectivity index (χ3v) is 11.4. The predicted molar refractivity (Wildman–Crippen MR) is 203 cm³/mol. The van der Waals surface area contributed by atoms with E-state index in [9.17, 15) is 0 Å². The predicted octanol–water partition coefficient (Wildman–Crippen LogP) is 12.7. The van der Waals surface area contributed by atoms with Crippen LogP contribution in [0.15, 0.2) is 170 Å². The summed E-state index contributed by atoms with van der Waals surface area (Å²) in [6, 6.07) is 60.7. The van der Waals surface area contributed by atoms with Crippen molar-refractivity contribution in [3.63, 3.8) is 0 Å². The molecular formula is C44H40Br2O. The number of ether oxygens (including phenoxy) is 1. The third-order valence-electron chi connectivity index (χ3n) is 9.05. The Morgan fingerprint density at radius 2 is 0.681 bits per heavy atom. The second-order valence-corrected chi connectivity index (χ2v) is 14.1. The van der Waals surface area contributed by atoms with Crippen LogP contribution in [0.4, 0.5) is 0 Å². The lowest BCUT2D eigenvalue weighted by Crippen LogP contribution is -2.44. The van der Waals surface area contributed by atoms with Gasteiger partial charge < -0.3 is 4.74 Å². The molecule has 236 valence electrons. The number of halogens is 2. The molecule has 6 aromatic carbocycles. The van der Waals surface area contributed by atoms with E-state index in [1.807, 2.05) is 0 Å². The van der Waals surface area contributed by atoms with Crippen molar-refractivity contribution in [3.8, 4) is 0 Å². The molecule has 0 aliphatic heterocycles. The van der Waals surface area contributed by atoms with E-state index in [1.165, 1.54) is 11.1 Å². The fourth-order valence-electron chi connectivity index (χ4n) is 6.65. The van der Waals surface area contributed by atoms with Gasteiger partial charge >= 0.3 is 0 Å². The summed E-state index contributed by atoms with van der Waals surface area (Å²) in [4.78, 5) is 0.447. The summed E-state index contributed by atoms with van der Waals surface area (Å²) in [6.07, 6.45) is 1.95. The Balaban J connectivity index is 1.77. The number of alkyl halides is 2. The zero-order chi connectivity index (χ0) is 32.7. The normalized spacial score (nSPS) is 13.2.